The van der Waals surface area contributed by atoms with Crippen LogP contribution >= 0.6 is 22.9 Å². The highest BCUT2D eigenvalue weighted by atomic mass is 35.5. The summed E-state index contributed by atoms with van der Waals surface area (Å²) in [6, 6.07) is 4.19. The summed E-state index contributed by atoms with van der Waals surface area (Å²) in [5.74, 6) is 0.215. The standard InChI is InChI=1S/C14H20ClNOS/c1-3-11-6-4-5-9-16(11)10(2)14(17)12-7-8-13(15)18-12/h7-8,10-11H,3-6,9H2,1-2H3. The zero-order chi connectivity index (χ0) is 13.1. The molecule has 0 spiro atoms. The third-order valence-electron chi connectivity index (χ3n) is 3.84. The van der Waals surface area contributed by atoms with Crippen molar-refractivity contribution in [1.82, 2.24) is 4.90 Å². The maximum atomic E-state index is 12.4. The maximum Gasteiger partial charge on any atom is 0.189 e. The first kappa shape index (κ1) is 14.0. The van der Waals surface area contributed by atoms with Crippen molar-refractivity contribution in [2.45, 2.75) is 51.6 Å². The highest BCUT2D eigenvalue weighted by Gasteiger charge is 2.30. The van der Waals surface area contributed by atoms with Crippen LogP contribution in [-0.4, -0.2) is 29.3 Å². The number of piperidine rings is 1. The third-order valence-corrected chi connectivity index (χ3v) is 5.08. The van der Waals surface area contributed by atoms with Gasteiger partial charge in [0.15, 0.2) is 5.78 Å². The van der Waals surface area contributed by atoms with Crippen molar-refractivity contribution >= 4 is 28.7 Å². The fraction of sp³-hybridized carbons (Fsp3) is 0.643. The van der Waals surface area contributed by atoms with Gasteiger partial charge in [0, 0.05) is 6.04 Å². The molecular weight excluding hydrogens is 266 g/mol. The van der Waals surface area contributed by atoms with Crippen LogP contribution in [0.15, 0.2) is 12.1 Å². The van der Waals surface area contributed by atoms with Crippen LogP contribution < -0.4 is 0 Å². The molecule has 1 aliphatic rings. The van der Waals surface area contributed by atoms with Gasteiger partial charge in [-0.1, -0.05) is 24.9 Å². The van der Waals surface area contributed by atoms with Gasteiger partial charge in [-0.25, -0.2) is 0 Å². The van der Waals surface area contributed by atoms with E-state index in [4.69, 9.17) is 11.6 Å². The molecule has 2 rings (SSSR count). The van der Waals surface area contributed by atoms with E-state index in [1.807, 2.05) is 13.0 Å². The summed E-state index contributed by atoms with van der Waals surface area (Å²) < 4.78 is 0.691. The first-order valence-corrected chi connectivity index (χ1v) is 7.88. The number of hydrogen-bond donors (Lipinski definition) is 0. The lowest BCUT2D eigenvalue weighted by Gasteiger charge is -2.38. The van der Waals surface area contributed by atoms with Gasteiger partial charge in [0.1, 0.15) is 0 Å². The number of nitrogens with zero attached hydrogens (tertiary/aromatic N) is 1. The van der Waals surface area contributed by atoms with Crippen molar-refractivity contribution in [2.75, 3.05) is 6.54 Å². The van der Waals surface area contributed by atoms with Crippen molar-refractivity contribution in [1.29, 1.82) is 0 Å². The highest BCUT2D eigenvalue weighted by Crippen LogP contribution is 2.27. The maximum absolute atomic E-state index is 12.4. The minimum Gasteiger partial charge on any atom is -0.291 e. The van der Waals surface area contributed by atoms with E-state index in [1.54, 1.807) is 6.07 Å². The topological polar surface area (TPSA) is 20.3 Å². The predicted octanol–water partition coefficient (Wildman–Crippen LogP) is 4.24. The van der Waals surface area contributed by atoms with Crippen molar-refractivity contribution in [3.8, 4) is 0 Å². The number of halogens is 1. The molecule has 1 saturated heterocycles. The molecule has 0 radical (unpaired) electrons. The minimum absolute atomic E-state index is 0.0232. The number of ketones is 1. The Morgan fingerprint density at radius 2 is 2.33 bits per heavy atom. The first-order chi connectivity index (χ1) is 8.63. The van der Waals surface area contributed by atoms with Gasteiger partial charge in [-0.15, -0.1) is 11.3 Å². The SMILES string of the molecule is CCC1CCCCN1C(C)C(=O)c1ccc(Cl)s1. The first-order valence-electron chi connectivity index (χ1n) is 6.68. The van der Waals surface area contributed by atoms with Gasteiger partial charge in [-0.05, 0) is 44.9 Å². The molecule has 2 atom stereocenters. The fourth-order valence-electron chi connectivity index (χ4n) is 2.77. The van der Waals surface area contributed by atoms with Gasteiger partial charge in [0.25, 0.3) is 0 Å². The molecule has 18 heavy (non-hydrogen) atoms. The third kappa shape index (κ3) is 2.95. The molecular formula is C14H20ClNOS. The smallest absolute Gasteiger partial charge is 0.189 e. The molecule has 2 unspecified atom stereocenters. The van der Waals surface area contributed by atoms with Gasteiger partial charge >= 0.3 is 0 Å². The molecule has 2 heterocycles. The molecule has 2 nitrogen and oxygen atoms in total. The Morgan fingerprint density at radius 1 is 1.56 bits per heavy atom. The highest BCUT2D eigenvalue weighted by molar-refractivity contribution is 7.18. The van der Waals surface area contributed by atoms with Crippen LogP contribution in [0.5, 0.6) is 0 Å². The van der Waals surface area contributed by atoms with Crippen LogP contribution in [0.25, 0.3) is 0 Å². The number of rotatable bonds is 4. The Hall–Kier alpha value is -0.380. The van der Waals surface area contributed by atoms with E-state index >= 15 is 0 Å². The van der Waals surface area contributed by atoms with E-state index in [9.17, 15) is 4.79 Å². The predicted molar refractivity (Wildman–Crippen MR) is 77.8 cm³/mol. The number of likely N-dealkylation sites (tertiary alicyclic amines) is 1. The second kappa shape index (κ2) is 6.18. The Balaban J connectivity index is 2.09. The summed E-state index contributed by atoms with van der Waals surface area (Å²) in [6.07, 6.45) is 4.85. The second-order valence-electron chi connectivity index (χ2n) is 4.94. The molecule has 1 aromatic rings. The number of carbonyl (C=O) groups is 1. The van der Waals surface area contributed by atoms with Crippen LogP contribution in [0.2, 0.25) is 4.34 Å². The summed E-state index contributed by atoms with van der Waals surface area (Å²) in [4.78, 5) is 15.6. The molecule has 0 amide bonds. The van der Waals surface area contributed by atoms with Crippen molar-refractivity contribution in [2.24, 2.45) is 0 Å². The van der Waals surface area contributed by atoms with Gasteiger partial charge in [-0.3, -0.25) is 9.69 Å². The Kier molecular flexibility index (Phi) is 4.82. The molecule has 1 aliphatic heterocycles. The van der Waals surface area contributed by atoms with E-state index in [1.165, 1.54) is 30.6 Å². The van der Waals surface area contributed by atoms with Crippen LogP contribution in [0.1, 0.15) is 49.2 Å². The molecule has 0 aliphatic carbocycles. The average Bonchev–Trinajstić information content (AvgIpc) is 2.83. The van der Waals surface area contributed by atoms with Gasteiger partial charge in [0.05, 0.1) is 15.3 Å². The number of thiophene rings is 1. The van der Waals surface area contributed by atoms with Crippen LogP contribution in [0, 0.1) is 0 Å². The number of Topliss-reactive ketones (excluding diaryl/α,β-unsaturated/α-hetero) is 1. The summed E-state index contributed by atoms with van der Waals surface area (Å²) in [5.41, 5.74) is 0. The van der Waals surface area contributed by atoms with E-state index in [0.29, 0.717) is 10.4 Å². The normalized spacial score (nSPS) is 22.9. The molecule has 0 saturated carbocycles. The number of hydrogen-bond acceptors (Lipinski definition) is 3. The monoisotopic (exact) mass is 285 g/mol. The van der Waals surface area contributed by atoms with E-state index in [-0.39, 0.29) is 11.8 Å². The van der Waals surface area contributed by atoms with E-state index in [2.05, 4.69) is 11.8 Å². The minimum atomic E-state index is -0.0232. The quantitative estimate of drug-likeness (QED) is 0.771. The van der Waals surface area contributed by atoms with Gasteiger partial charge in [-0.2, -0.15) is 0 Å². The Morgan fingerprint density at radius 3 is 2.94 bits per heavy atom. The lowest BCUT2D eigenvalue weighted by molar-refractivity contribution is 0.0665. The molecule has 1 aromatic heterocycles. The zero-order valence-electron chi connectivity index (χ0n) is 11.0. The molecule has 0 N–H and O–H groups in total. The van der Waals surface area contributed by atoms with Crippen LogP contribution in [0.4, 0.5) is 0 Å². The zero-order valence-corrected chi connectivity index (χ0v) is 12.6. The summed E-state index contributed by atoms with van der Waals surface area (Å²) in [7, 11) is 0. The van der Waals surface area contributed by atoms with Crippen molar-refractivity contribution < 1.29 is 4.79 Å². The molecule has 1 fully saturated rings. The summed E-state index contributed by atoms with van der Waals surface area (Å²) >= 11 is 7.29. The van der Waals surface area contributed by atoms with E-state index < -0.39 is 0 Å². The van der Waals surface area contributed by atoms with Crippen molar-refractivity contribution in [3.05, 3.63) is 21.3 Å². The van der Waals surface area contributed by atoms with Crippen LogP contribution in [-0.2, 0) is 0 Å². The summed E-state index contributed by atoms with van der Waals surface area (Å²) in [5, 5.41) is 0. The lowest BCUT2D eigenvalue weighted by Crippen LogP contribution is -2.48. The average molecular weight is 286 g/mol. The largest absolute Gasteiger partial charge is 0.291 e. The van der Waals surface area contributed by atoms with E-state index in [0.717, 1.165) is 17.8 Å². The number of carbonyl (C=O) groups excluding carboxylic acids is 1. The van der Waals surface area contributed by atoms with Crippen molar-refractivity contribution in [3.63, 3.8) is 0 Å². The molecule has 0 bridgehead atoms. The fourth-order valence-corrected chi connectivity index (χ4v) is 3.84. The second-order valence-corrected chi connectivity index (χ2v) is 6.65. The lowest BCUT2D eigenvalue weighted by atomic mass is 9.96. The van der Waals surface area contributed by atoms with Gasteiger partial charge in [0.2, 0.25) is 0 Å². The molecule has 100 valence electrons. The Bertz CT molecular complexity index is 418. The summed E-state index contributed by atoms with van der Waals surface area (Å²) in [6.45, 7) is 5.29. The van der Waals surface area contributed by atoms with Crippen LogP contribution in [0.3, 0.4) is 0 Å². The molecule has 0 aromatic carbocycles. The van der Waals surface area contributed by atoms with Gasteiger partial charge < -0.3 is 0 Å². The Labute approximate surface area is 118 Å². The molecule has 4 heteroatoms.